The zero-order valence-corrected chi connectivity index (χ0v) is 39.6. The van der Waals surface area contributed by atoms with Gasteiger partial charge in [-0.1, -0.05) is 231 Å². The van der Waals surface area contributed by atoms with Crippen LogP contribution in [0.2, 0.25) is 0 Å². The third kappa shape index (κ3) is 7.92. The molecule has 13 aromatic rings. The number of hydrogen-bond donors (Lipinski definition) is 0. The van der Waals surface area contributed by atoms with Crippen molar-refractivity contribution in [1.29, 1.82) is 0 Å². The summed E-state index contributed by atoms with van der Waals surface area (Å²) in [5.74, 6) is 0. The average Bonchev–Trinajstić information content (AvgIpc) is 3.46. The Morgan fingerprint density at radius 2 is 0.389 bits per heavy atom. The van der Waals surface area contributed by atoms with Crippen molar-refractivity contribution in [2.45, 2.75) is 0 Å². The van der Waals surface area contributed by atoms with Gasteiger partial charge >= 0.3 is 0 Å². The van der Waals surface area contributed by atoms with Crippen LogP contribution in [-0.2, 0) is 0 Å². The Balaban J connectivity index is 0.828. The molecule has 2 nitrogen and oxygen atoms in total. The van der Waals surface area contributed by atoms with E-state index in [2.05, 4.69) is 301 Å². The number of rotatable bonds is 10. The first-order valence-electron chi connectivity index (χ1n) is 24.7. The zero-order chi connectivity index (χ0) is 47.8. The standard InChI is InChI=1S/C70H48N2/c1-3-15-49(16-4-1)53-31-39-59(40-32-53)71(69-47-57-19-7-9-21-63(57)65-23-11-13-25-67(65)69)61-43-35-55(36-44-61)51-27-29-52(30-28-51)56-37-45-62(46-38-56)72(60-41-33-54(34-42-60)50-17-5-2-6-18-50)70-48-58-20-8-10-22-64(58)66-24-12-14-26-68(66)70/h1-48H. The first kappa shape index (κ1) is 42.6. The van der Waals surface area contributed by atoms with Gasteiger partial charge in [-0.2, -0.15) is 0 Å². The van der Waals surface area contributed by atoms with Crippen LogP contribution in [0.1, 0.15) is 0 Å². The van der Waals surface area contributed by atoms with Gasteiger partial charge in [0.25, 0.3) is 0 Å². The minimum Gasteiger partial charge on any atom is -0.310 e. The Bertz CT molecular complexity index is 3770. The molecule has 2 heteroatoms. The highest BCUT2D eigenvalue weighted by molar-refractivity contribution is 6.16. The van der Waals surface area contributed by atoms with Crippen molar-refractivity contribution in [1.82, 2.24) is 0 Å². The second kappa shape index (κ2) is 18.4. The molecule has 0 aliphatic rings. The van der Waals surface area contributed by atoms with E-state index in [9.17, 15) is 0 Å². The summed E-state index contributed by atoms with van der Waals surface area (Å²) in [6.07, 6.45) is 0. The Kier molecular flexibility index (Phi) is 10.9. The van der Waals surface area contributed by atoms with E-state index < -0.39 is 0 Å². The van der Waals surface area contributed by atoms with Gasteiger partial charge in [0.05, 0.1) is 11.4 Å². The predicted molar refractivity (Wildman–Crippen MR) is 308 cm³/mol. The monoisotopic (exact) mass is 916 g/mol. The van der Waals surface area contributed by atoms with E-state index in [1.54, 1.807) is 0 Å². The zero-order valence-electron chi connectivity index (χ0n) is 39.6. The minimum absolute atomic E-state index is 1.10. The fourth-order valence-electron chi connectivity index (χ4n) is 10.6. The second-order valence-electron chi connectivity index (χ2n) is 18.5. The molecule has 0 atom stereocenters. The molecule has 0 bridgehead atoms. The van der Waals surface area contributed by atoms with Gasteiger partial charge in [0, 0.05) is 33.5 Å². The SMILES string of the molecule is c1ccc(-c2ccc(N(c3ccc(-c4ccc(-c5ccc(N(c6ccc(-c7ccccc7)cc6)c6cc7ccccc7c7ccccc67)cc5)cc4)cc3)c3cc4ccccc4c4ccccc34)cc2)cc1. The maximum atomic E-state index is 2.41. The number of nitrogens with zero attached hydrogens (tertiary/aromatic N) is 2. The van der Waals surface area contributed by atoms with Crippen LogP contribution in [0.5, 0.6) is 0 Å². The van der Waals surface area contributed by atoms with E-state index >= 15 is 0 Å². The van der Waals surface area contributed by atoms with E-state index in [1.807, 2.05) is 0 Å². The summed E-state index contributed by atoms with van der Waals surface area (Å²) < 4.78 is 0. The normalized spacial score (nSPS) is 11.3. The van der Waals surface area contributed by atoms with Gasteiger partial charge in [0.15, 0.2) is 0 Å². The molecule has 338 valence electrons. The lowest BCUT2D eigenvalue weighted by Gasteiger charge is -2.28. The van der Waals surface area contributed by atoms with Gasteiger partial charge in [-0.25, -0.2) is 0 Å². The molecule has 0 unspecified atom stereocenters. The lowest BCUT2D eigenvalue weighted by Crippen LogP contribution is -2.10. The van der Waals surface area contributed by atoms with E-state index in [-0.39, 0.29) is 0 Å². The van der Waals surface area contributed by atoms with Crippen molar-refractivity contribution in [3.63, 3.8) is 0 Å². The fraction of sp³-hybridized carbons (Fsp3) is 0. The number of benzene rings is 13. The van der Waals surface area contributed by atoms with Gasteiger partial charge in [-0.3, -0.25) is 0 Å². The Hall–Kier alpha value is -9.50. The van der Waals surface area contributed by atoms with Gasteiger partial charge in [0.1, 0.15) is 0 Å². The molecule has 0 spiro atoms. The lowest BCUT2D eigenvalue weighted by molar-refractivity contribution is 1.30. The molecule has 13 rings (SSSR count). The first-order chi connectivity index (χ1) is 35.7. The largest absolute Gasteiger partial charge is 0.310 e. The van der Waals surface area contributed by atoms with Crippen LogP contribution in [0, 0.1) is 0 Å². The molecule has 0 amide bonds. The lowest BCUT2D eigenvalue weighted by atomic mass is 9.97. The van der Waals surface area contributed by atoms with Crippen molar-refractivity contribution in [3.8, 4) is 44.5 Å². The van der Waals surface area contributed by atoms with Crippen molar-refractivity contribution in [2.75, 3.05) is 9.80 Å². The molecule has 72 heavy (non-hydrogen) atoms. The molecule has 13 aromatic carbocycles. The van der Waals surface area contributed by atoms with E-state index in [4.69, 9.17) is 0 Å². The summed E-state index contributed by atoms with van der Waals surface area (Å²) >= 11 is 0. The summed E-state index contributed by atoms with van der Waals surface area (Å²) in [7, 11) is 0. The topological polar surface area (TPSA) is 6.48 Å². The molecule has 0 heterocycles. The Morgan fingerprint density at radius 3 is 0.694 bits per heavy atom. The maximum Gasteiger partial charge on any atom is 0.0546 e. The Labute approximate surface area is 420 Å². The molecule has 0 saturated heterocycles. The molecule has 0 aromatic heterocycles. The van der Waals surface area contributed by atoms with Gasteiger partial charge in [0.2, 0.25) is 0 Å². The van der Waals surface area contributed by atoms with Crippen molar-refractivity contribution in [2.24, 2.45) is 0 Å². The highest BCUT2D eigenvalue weighted by Crippen LogP contribution is 2.45. The molecular formula is C70H48N2. The molecular weight excluding hydrogens is 869 g/mol. The smallest absolute Gasteiger partial charge is 0.0546 e. The van der Waals surface area contributed by atoms with Crippen LogP contribution < -0.4 is 9.80 Å². The predicted octanol–water partition coefficient (Wildman–Crippen LogP) is 19.9. The van der Waals surface area contributed by atoms with Crippen LogP contribution in [0.25, 0.3) is 87.6 Å². The maximum absolute atomic E-state index is 2.41. The fourth-order valence-corrected chi connectivity index (χ4v) is 10.6. The Morgan fingerprint density at radius 1 is 0.167 bits per heavy atom. The summed E-state index contributed by atoms with van der Waals surface area (Å²) in [5.41, 5.74) is 16.2. The molecule has 0 fully saturated rings. The molecule has 0 saturated carbocycles. The molecule has 0 aliphatic carbocycles. The highest BCUT2D eigenvalue weighted by Gasteiger charge is 2.20. The van der Waals surface area contributed by atoms with Crippen LogP contribution >= 0.6 is 0 Å². The van der Waals surface area contributed by atoms with Crippen molar-refractivity contribution in [3.05, 3.63) is 291 Å². The van der Waals surface area contributed by atoms with Gasteiger partial charge < -0.3 is 9.80 Å². The minimum atomic E-state index is 1.10. The summed E-state index contributed by atoms with van der Waals surface area (Å²) in [5, 5.41) is 9.86. The van der Waals surface area contributed by atoms with Crippen LogP contribution in [0.15, 0.2) is 291 Å². The van der Waals surface area contributed by atoms with Crippen LogP contribution in [0.3, 0.4) is 0 Å². The van der Waals surface area contributed by atoms with Gasteiger partial charge in [-0.05, 0) is 137 Å². The van der Waals surface area contributed by atoms with Crippen LogP contribution in [-0.4, -0.2) is 0 Å². The number of hydrogen-bond acceptors (Lipinski definition) is 2. The third-order valence-electron chi connectivity index (χ3n) is 14.2. The molecule has 0 aliphatic heterocycles. The number of anilines is 6. The quantitative estimate of drug-likeness (QED) is 0.126. The van der Waals surface area contributed by atoms with Crippen molar-refractivity contribution >= 4 is 77.2 Å². The molecule has 0 N–H and O–H groups in total. The first-order valence-corrected chi connectivity index (χ1v) is 24.7. The van der Waals surface area contributed by atoms with E-state index in [1.165, 1.54) is 87.6 Å². The average molecular weight is 917 g/mol. The second-order valence-corrected chi connectivity index (χ2v) is 18.5. The van der Waals surface area contributed by atoms with Gasteiger partial charge in [-0.15, -0.1) is 0 Å². The number of fused-ring (bicyclic) bond motifs is 6. The summed E-state index contributed by atoms with van der Waals surface area (Å²) in [6.45, 7) is 0. The van der Waals surface area contributed by atoms with Crippen LogP contribution in [0.4, 0.5) is 34.1 Å². The molecule has 0 radical (unpaired) electrons. The van der Waals surface area contributed by atoms with E-state index in [0.717, 1.165) is 34.1 Å². The summed E-state index contributed by atoms with van der Waals surface area (Å²) in [4.78, 5) is 4.81. The summed E-state index contributed by atoms with van der Waals surface area (Å²) in [6, 6.07) is 106. The highest BCUT2D eigenvalue weighted by atomic mass is 15.1. The third-order valence-corrected chi connectivity index (χ3v) is 14.2. The van der Waals surface area contributed by atoms with E-state index in [0.29, 0.717) is 0 Å². The van der Waals surface area contributed by atoms with Crippen molar-refractivity contribution < 1.29 is 0 Å².